The van der Waals surface area contributed by atoms with Crippen molar-refractivity contribution < 1.29 is 4.79 Å². The van der Waals surface area contributed by atoms with E-state index in [1.807, 2.05) is 19.9 Å². The molecule has 0 unspecified atom stereocenters. The standard InChI is InChI=1S/C18H21NO/c1-11-6-13(3)16(14(4)7-11)9-17(20)18-15(5)8-12(2)10-19-18/h6-8,10H,9H2,1-5H3. The molecule has 2 aromatic rings. The molecule has 0 radical (unpaired) electrons. The molecule has 1 aromatic heterocycles. The molecule has 1 heterocycles. The molecule has 0 saturated heterocycles. The molecule has 0 aliphatic carbocycles. The van der Waals surface area contributed by atoms with Crippen LogP contribution < -0.4 is 0 Å². The molecular formula is C18H21NO. The first-order valence-corrected chi connectivity index (χ1v) is 6.91. The van der Waals surface area contributed by atoms with Gasteiger partial charge in [-0.25, -0.2) is 0 Å². The van der Waals surface area contributed by atoms with Crippen molar-refractivity contribution in [3.63, 3.8) is 0 Å². The molecule has 20 heavy (non-hydrogen) atoms. The Morgan fingerprint density at radius 1 is 0.900 bits per heavy atom. The number of aryl methyl sites for hydroxylation is 5. The van der Waals surface area contributed by atoms with E-state index in [9.17, 15) is 4.79 Å². The lowest BCUT2D eigenvalue weighted by Crippen LogP contribution is -2.10. The second-order valence-corrected chi connectivity index (χ2v) is 5.66. The monoisotopic (exact) mass is 267 g/mol. The van der Waals surface area contributed by atoms with Crippen molar-refractivity contribution in [1.29, 1.82) is 0 Å². The molecule has 0 saturated carbocycles. The summed E-state index contributed by atoms with van der Waals surface area (Å²) in [5.74, 6) is 0.0950. The molecule has 0 atom stereocenters. The lowest BCUT2D eigenvalue weighted by molar-refractivity contribution is 0.0987. The maximum absolute atomic E-state index is 12.5. The fraction of sp³-hybridized carbons (Fsp3) is 0.333. The van der Waals surface area contributed by atoms with Gasteiger partial charge in [0.1, 0.15) is 5.69 Å². The predicted octanol–water partition coefficient (Wildman–Crippen LogP) is 4.05. The van der Waals surface area contributed by atoms with Crippen LogP contribution >= 0.6 is 0 Å². The van der Waals surface area contributed by atoms with Gasteiger partial charge in [-0.3, -0.25) is 9.78 Å². The Labute approximate surface area is 120 Å². The van der Waals surface area contributed by atoms with Gasteiger partial charge in [-0.1, -0.05) is 23.8 Å². The highest BCUT2D eigenvalue weighted by atomic mass is 16.1. The molecule has 1 aromatic carbocycles. The van der Waals surface area contributed by atoms with E-state index >= 15 is 0 Å². The molecule has 0 amide bonds. The van der Waals surface area contributed by atoms with E-state index in [1.165, 1.54) is 16.7 Å². The summed E-state index contributed by atoms with van der Waals surface area (Å²) in [6, 6.07) is 6.27. The Bertz CT molecular complexity index is 648. The Balaban J connectivity index is 2.33. The summed E-state index contributed by atoms with van der Waals surface area (Å²) in [4.78, 5) is 16.8. The third-order valence-corrected chi connectivity index (χ3v) is 3.66. The minimum Gasteiger partial charge on any atom is -0.292 e. The number of hydrogen-bond acceptors (Lipinski definition) is 2. The van der Waals surface area contributed by atoms with E-state index in [2.05, 4.69) is 37.9 Å². The lowest BCUT2D eigenvalue weighted by Gasteiger charge is -2.11. The summed E-state index contributed by atoms with van der Waals surface area (Å²) in [5.41, 5.74) is 7.36. The largest absolute Gasteiger partial charge is 0.292 e. The number of ketones is 1. The van der Waals surface area contributed by atoms with Gasteiger partial charge in [0, 0.05) is 12.6 Å². The molecule has 0 fully saturated rings. The van der Waals surface area contributed by atoms with Crippen molar-refractivity contribution >= 4 is 5.78 Å². The zero-order valence-electron chi connectivity index (χ0n) is 12.9. The minimum atomic E-state index is 0.0950. The van der Waals surface area contributed by atoms with Gasteiger partial charge in [0.05, 0.1) is 0 Å². The molecule has 0 bridgehead atoms. The zero-order chi connectivity index (χ0) is 14.9. The summed E-state index contributed by atoms with van der Waals surface area (Å²) in [6.07, 6.45) is 2.18. The van der Waals surface area contributed by atoms with Gasteiger partial charge in [0.15, 0.2) is 5.78 Å². The van der Waals surface area contributed by atoms with Crippen molar-refractivity contribution in [2.24, 2.45) is 0 Å². The van der Waals surface area contributed by atoms with E-state index in [0.717, 1.165) is 16.7 Å². The number of carbonyl (C=O) groups excluding carboxylic acids is 1. The van der Waals surface area contributed by atoms with E-state index in [1.54, 1.807) is 6.20 Å². The van der Waals surface area contributed by atoms with Crippen LogP contribution in [0.3, 0.4) is 0 Å². The van der Waals surface area contributed by atoms with Crippen LogP contribution in [0.1, 0.15) is 43.9 Å². The Kier molecular flexibility index (Phi) is 4.03. The van der Waals surface area contributed by atoms with E-state index in [-0.39, 0.29) is 5.78 Å². The Morgan fingerprint density at radius 3 is 2.00 bits per heavy atom. The summed E-state index contributed by atoms with van der Waals surface area (Å²) < 4.78 is 0. The van der Waals surface area contributed by atoms with Crippen LogP contribution in [0.25, 0.3) is 0 Å². The highest BCUT2D eigenvalue weighted by molar-refractivity contribution is 5.97. The number of rotatable bonds is 3. The molecule has 0 spiro atoms. The molecule has 0 aliphatic heterocycles. The van der Waals surface area contributed by atoms with Gasteiger partial charge < -0.3 is 0 Å². The quantitative estimate of drug-likeness (QED) is 0.785. The van der Waals surface area contributed by atoms with Crippen LogP contribution in [-0.2, 0) is 6.42 Å². The highest BCUT2D eigenvalue weighted by Gasteiger charge is 2.14. The summed E-state index contributed by atoms with van der Waals surface area (Å²) in [7, 11) is 0. The van der Waals surface area contributed by atoms with Crippen LogP contribution in [-0.4, -0.2) is 10.8 Å². The fourth-order valence-corrected chi connectivity index (χ4v) is 2.74. The second kappa shape index (κ2) is 5.58. The number of hydrogen-bond donors (Lipinski definition) is 0. The summed E-state index contributed by atoms with van der Waals surface area (Å²) in [5, 5.41) is 0. The third kappa shape index (κ3) is 2.96. The van der Waals surface area contributed by atoms with Gasteiger partial charge in [-0.05, 0) is 62.4 Å². The van der Waals surface area contributed by atoms with Crippen LogP contribution in [0.4, 0.5) is 0 Å². The van der Waals surface area contributed by atoms with Crippen molar-refractivity contribution in [3.05, 3.63) is 63.5 Å². The molecule has 0 N–H and O–H groups in total. The maximum atomic E-state index is 12.5. The summed E-state index contributed by atoms with van der Waals surface area (Å²) >= 11 is 0. The van der Waals surface area contributed by atoms with Crippen molar-refractivity contribution in [1.82, 2.24) is 4.98 Å². The van der Waals surface area contributed by atoms with Crippen molar-refractivity contribution in [2.75, 3.05) is 0 Å². The van der Waals surface area contributed by atoms with E-state index in [0.29, 0.717) is 12.1 Å². The average Bonchev–Trinajstić information content (AvgIpc) is 2.33. The normalized spacial score (nSPS) is 10.7. The lowest BCUT2D eigenvalue weighted by atomic mass is 9.94. The van der Waals surface area contributed by atoms with Crippen molar-refractivity contribution in [2.45, 2.75) is 41.0 Å². The number of aromatic nitrogens is 1. The number of pyridine rings is 1. The second-order valence-electron chi connectivity index (χ2n) is 5.66. The van der Waals surface area contributed by atoms with E-state index in [4.69, 9.17) is 0 Å². The maximum Gasteiger partial charge on any atom is 0.185 e. The number of benzene rings is 1. The first-order valence-electron chi connectivity index (χ1n) is 6.91. The van der Waals surface area contributed by atoms with Crippen LogP contribution in [0.15, 0.2) is 24.4 Å². The van der Waals surface area contributed by atoms with Gasteiger partial charge >= 0.3 is 0 Å². The topological polar surface area (TPSA) is 30.0 Å². The van der Waals surface area contributed by atoms with Gasteiger partial charge in [-0.2, -0.15) is 0 Å². The Morgan fingerprint density at radius 2 is 1.45 bits per heavy atom. The summed E-state index contributed by atoms with van der Waals surface area (Å²) in [6.45, 7) is 10.2. The van der Waals surface area contributed by atoms with Gasteiger partial charge in [-0.15, -0.1) is 0 Å². The first kappa shape index (κ1) is 14.4. The van der Waals surface area contributed by atoms with Crippen LogP contribution in [0, 0.1) is 34.6 Å². The number of nitrogens with zero attached hydrogens (tertiary/aromatic N) is 1. The number of carbonyl (C=O) groups is 1. The molecular weight excluding hydrogens is 246 g/mol. The average molecular weight is 267 g/mol. The minimum absolute atomic E-state index is 0.0950. The molecule has 2 heteroatoms. The molecule has 104 valence electrons. The molecule has 2 rings (SSSR count). The fourth-order valence-electron chi connectivity index (χ4n) is 2.74. The highest BCUT2D eigenvalue weighted by Crippen LogP contribution is 2.19. The van der Waals surface area contributed by atoms with Gasteiger partial charge in [0.2, 0.25) is 0 Å². The smallest absolute Gasteiger partial charge is 0.185 e. The van der Waals surface area contributed by atoms with Crippen molar-refractivity contribution in [3.8, 4) is 0 Å². The first-order chi connectivity index (χ1) is 9.38. The van der Waals surface area contributed by atoms with E-state index < -0.39 is 0 Å². The molecule has 2 nitrogen and oxygen atoms in total. The Hall–Kier alpha value is -1.96. The predicted molar refractivity (Wildman–Crippen MR) is 82.4 cm³/mol. The zero-order valence-corrected chi connectivity index (χ0v) is 12.9. The SMILES string of the molecule is Cc1cnc(C(=O)Cc2c(C)cc(C)cc2C)c(C)c1. The molecule has 0 aliphatic rings. The third-order valence-electron chi connectivity index (χ3n) is 3.66. The van der Waals surface area contributed by atoms with Crippen LogP contribution in [0.2, 0.25) is 0 Å². The van der Waals surface area contributed by atoms with Gasteiger partial charge in [0.25, 0.3) is 0 Å². The van der Waals surface area contributed by atoms with Crippen LogP contribution in [0.5, 0.6) is 0 Å². The number of Topliss-reactive ketones (excluding diaryl/α,β-unsaturated/α-hetero) is 1.